The quantitative estimate of drug-likeness (QED) is 0.489. The zero-order chi connectivity index (χ0) is 15.7. The number of likely N-dealkylation sites (tertiary alicyclic amines) is 1. The summed E-state index contributed by atoms with van der Waals surface area (Å²) in [5.74, 6) is -1.01. The summed E-state index contributed by atoms with van der Waals surface area (Å²) >= 11 is 0. The van der Waals surface area contributed by atoms with E-state index in [-0.39, 0.29) is 11.6 Å². The molecule has 112 valence electrons. The molecule has 1 fully saturated rings. The maximum atomic E-state index is 12.3. The van der Waals surface area contributed by atoms with Gasteiger partial charge in [-0.05, 0) is 32.4 Å². The lowest BCUT2D eigenvalue weighted by molar-refractivity contribution is -0.386. The van der Waals surface area contributed by atoms with Crippen LogP contribution in [0, 0.1) is 24.0 Å². The molecule has 21 heavy (non-hydrogen) atoms. The second-order valence-electron chi connectivity index (χ2n) is 4.99. The van der Waals surface area contributed by atoms with Gasteiger partial charge in [-0.15, -0.1) is 0 Å². The van der Waals surface area contributed by atoms with Gasteiger partial charge in [-0.25, -0.2) is 5.48 Å². The molecule has 1 aromatic rings. The maximum absolute atomic E-state index is 12.3. The lowest BCUT2D eigenvalue weighted by Crippen LogP contribution is -2.57. The van der Waals surface area contributed by atoms with Crippen LogP contribution in [0.2, 0.25) is 0 Å². The van der Waals surface area contributed by atoms with E-state index in [1.54, 1.807) is 13.8 Å². The summed E-state index contributed by atoms with van der Waals surface area (Å²) in [5.41, 5.74) is 2.60. The molecular weight excluding hydrogens is 278 g/mol. The third-order valence-corrected chi connectivity index (χ3v) is 3.61. The van der Waals surface area contributed by atoms with Crippen LogP contribution in [0.25, 0.3) is 0 Å². The first-order chi connectivity index (χ1) is 9.86. The van der Waals surface area contributed by atoms with Crippen LogP contribution in [0.4, 0.5) is 5.69 Å². The molecule has 0 radical (unpaired) electrons. The standard InChI is InChI=1S/C13H15N3O5/c1-7-5-9(6-8(2)11(7)16(20)21)13(18)15-4-3-10(15)12(17)14-19/h5-6,10,19H,3-4H2,1-2H3,(H,14,17)/t10-/m1/s1. The minimum Gasteiger partial charge on any atom is -0.326 e. The van der Waals surface area contributed by atoms with E-state index in [1.165, 1.54) is 22.5 Å². The van der Waals surface area contributed by atoms with Crippen LogP contribution in [-0.4, -0.2) is 39.4 Å². The number of carbonyl (C=O) groups is 2. The predicted molar refractivity (Wildman–Crippen MR) is 71.9 cm³/mol. The highest BCUT2D eigenvalue weighted by Gasteiger charge is 2.38. The molecule has 8 heteroatoms. The number of carbonyl (C=O) groups excluding carboxylic acids is 2. The largest absolute Gasteiger partial charge is 0.326 e. The molecule has 1 aliphatic rings. The van der Waals surface area contributed by atoms with Crippen molar-refractivity contribution >= 4 is 17.5 Å². The number of aryl methyl sites for hydroxylation is 2. The van der Waals surface area contributed by atoms with Crippen molar-refractivity contribution in [3.63, 3.8) is 0 Å². The van der Waals surface area contributed by atoms with E-state index in [2.05, 4.69) is 0 Å². The van der Waals surface area contributed by atoms with Crippen LogP contribution < -0.4 is 5.48 Å². The molecule has 1 aliphatic heterocycles. The van der Waals surface area contributed by atoms with E-state index in [0.717, 1.165) is 0 Å². The van der Waals surface area contributed by atoms with Crippen LogP contribution in [-0.2, 0) is 4.79 Å². The number of nitrogens with one attached hydrogen (secondary N) is 1. The van der Waals surface area contributed by atoms with Gasteiger partial charge in [0.1, 0.15) is 6.04 Å². The van der Waals surface area contributed by atoms with Crippen molar-refractivity contribution in [2.24, 2.45) is 0 Å². The zero-order valence-electron chi connectivity index (χ0n) is 11.6. The molecule has 0 aliphatic carbocycles. The summed E-state index contributed by atoms with van der Waals surface area (Å²) in [6.07, 6.45) is 0.475. The normalized spacial score (nSPS) is 17.1. The van der Waals surface area contributed by atoms with Crippen molar-refractivity contribution in [2.45, 2.75) is 26.3 Å². The number of nitrogens with zero attached hydrogens (tertiary/aromatic N) is 2. The minimum absolute atomic E-state index is 0.0141. The third kappa shape index (κ3) is 2.57. The first-order valence-corrected chi connectivity index (χ1v) is 6.37. The number of hydrogen-bond acceptors (Lipinski definition) is 5. The number of hydroxylamine groups is 1. The molecule has 2 amide bonds. The highest BCUT2D eigenvalue weighted by Crippen LogP contribution is 2.27. The second kappa shape index (κ2) is 5.49. The highest BCUT2D eigenvalue weighted by molar-refractivity contribution is 5.99. The van der Waals surface area contributed by atoms with Gasteiger partial charge in [-0.3, -0.25) is 24.9 Å². The van der Waals surface area contributed by atoms with Crippen molar-refractivity contribution in [2.75, 3.05) is 6.54 Å². The number of rotatable bonds is 3. The maximum Gasteiger partial charge on any atom is 0.275 e. The summed E-state index contributed by atoms with van der Waals surface area (Å²) in [6, 6.07) is 2.19. The highest BCUT2D eigenvalue weighted by atomic mass is 16.6. The summed E-state index contributed by atoms with van der Waals surface area (Å²) in [6.45, 7) is 3.54. The molecule has 1 aromatic carbocycles. The van der Waals surface area contributed by atoms with Gasteiger partial charge in [0.2, 0.25) is 0 Å². The van der Waals surface area contributed by atoms with Gasteiger partial charge in [0.25, 0.3) is 17.5 Å². The van der Waals surface area contributed by atoms with Crippen molar-refractivity contribution in [3.8, 4) is 0 Å². The van der Waals surface area contributed by atoms with E-state index < -0.39 is 16.9 Å². The van der Waals surface area contributed by atoms with Crippen molar-refractivity contribution in [3.05, 3.63) is 38.9 Å². The molecule has 0 aromatic heterocycles. The molecule has 0 spiro atoms. The Hall–Kier alpha value is -2.48. The van der Waals surface area contributed by atoms with Gasteiger partial charge in [0.05, 0.1) is 4.92 Å². The Balaban J connectivity index is 2.29. The van der Waals surface area contributed by atoms with Crippen molar-refractivity contribution in [1.82, 2.24) is 10.4 Å². The average Bonchev–Trinajstić information content (AvgIpc) is 2.35. The molecule has 1 saturated heterocycles. The molecule has 2 N–H and O–H groups in total. The first-order valence-electron chi connectivity index (χ1n) is 6.37. The van der Waals surface area contributed by atoms with Crippen LogP contribution in [0.5, 0.6) is 0 Å². The molecule has 2 rings (SSSR count). The Labute approximate surface area is 120 Å². The van der Waals surface area contributed by atoms with Gasteiger partial charge < -0.3 is 4.90 Å². The van der Waals surface area contributed by atoms with Gasteiger partial charge >= 0.3 is 0 Å². The Morgan fingerprint density at radius 3 is 2.33 bits per heavy atom. The fourth-order valence-electron chi connectivity index (χ4n) is 2.51. The molecule has 1 atom stereocenters. The molecule has 0 bridgehead atoms. The number of hydrogen-bond donors (Lipinski definition) is 2. The number of amides is 2. The summed E-state index contributed by atoms with van der Waals surface area (Å²) in [5, 5.41) is 19.5. The number of benzene rings is 1. The Bertz CT molecular complexity index is 605. The van der Waals surface area contributed by atoms with E-state index in [4.69, 9.17) is 5.21 Å². The van der Waals surface area contributed by atoms with Gasteiger partial charge in [0.15, 0.2) is 0 Å². The first kappa shape index (κ1) is 14.9. The average molecular weight is 293 g/mol. The third-order valence-electron chi connectivity index (χ3n) is 3.61. The van der Waals surface area contributed by atoms with E-state index >= 15 is 0 Å². The fraction of sp³-hybridized carbons (Fsp3) is 0.385. The molecule has 1 heterocycles. The van der Waals surface area contributed by atoms with Crippen LogP contribution in [0.15, 0.2) is 12.1 Å². The van der Waals surface area contributed by atoms with E-state index in [9.17, 15) is 19.7 Å². The molecule has 0 unspecified atom stereocenters. The smallest absolute Gasteiger partial charge is 0.275 e. The second-order valence-corrected chi connectivity index (χ2v) is 4.99. The van der Waals surface area contributed by atoms with E-state index in [1.807, 2.05) is 0 Å². The monoisotopic (exact) mass is 293 g/mol. The van der Waals surface area contributed by atoms with E-state index in [0.29, 0.717) is 29.7 Å². The van der Waals surface area contributed by atoms with Crippen molar-refractivity contribution in [1.29, 1.82) is 0 Å². The van der Waals surface area contributed by atoms with Crippen molar-refractivity contribution < 1.29 is 19.7 Å². The lowest BCUT2D eigenvalue weighted by Gasteiger charge is -2.39. The number of nitro benzene ring substituents is 1. The topological polar surface area (TPSA) is 113 Å². The minimum atomic E-state index is -0.696. The summed E-state index contributed by atoms with van der Waals surface area (Å²) in [4.78, 5) is 35.5. The summed E-state index contributed by atoms with van der Waals surface area (Å²) < 4.78 is 0. The summed E-state index contributed by atoms with van der Waals surface area (Å²) in [7, 11) is 0. The Kier molecular flexibility index (Phi) is 3.90. The molecular formula is C13H15N3O5. The fourth-order valence-corrected chi connectivity index (χ4v) is 2.51. The van der Waals surface area contributed by atoms with Crippen LogP contribution in [0.1, 0.15) is 27.9 Å². The lowest BCUT2D eigenvalue weighted by atomic mass is 9.98. The zero-order valence-corrected chi connectivity index (χ0v) is 11.6. The number of nitro groups is 1. The Morgan fingerprint density at radius 1 is 1.38 bits per heavy atom. The molecule has 8 nitrogen and oxygen atoms in total. The predicted octanol–water partition coefficient (Wildman–Crippen LogP) is 0.932. The Morgan fingerprint density at radius 2 is 1.95 bits per heavy atom. The SMILES string of the molecule is Cc1cc(C(=O)N2CC[C@@H]2C(=O)NO)cc(C)c1[N+](=O)[O-]. The van der Waals surface area contributed by atoms with Gasteiger partial charge in [-0.1, -0.05) is 0 Å². The van der Waals surface area contributed by atoms with Gasteiger partial charge in [0, 0.05) is 23.2 Å². The molecule has 0 saturated carbocycles. The van der Waals surface area contributed by atoms with Gasteiger partial charge in [-0.2, -0.15) is 0 Å². The van der Waals surface area contributed by atoms with Crippen LogP contribution in [0.3, 0.4) is 0 Å². The van der Waals surface area contributed by atoms with Crippen LogP contribution >= 0.6 is 0 Å².